The van der Waals surface area contributed by atoms with Crippen LogP contribution >= 0.6 is 0 Å². The number of para-hydroxylation sites is 2. The lowest BCUT2D eigenvalue weighted by molar-refractivity contribution is -0.114. The average molecular weight is 499 g/mol. The Bertz CT molecular complexity index is 1670. The lowest BCUT2D eigenvalue weighted by Gasteiger charge is -2.26. The number of anilines is 2. The number of fused-ring (bicyclic) bond motifs is 3. The summed E-state index contributed by atoms with van der Waals surface area (Å²) in [5.74, 6) is -0.452. The Morgan fingerprint density at radius 3 is 2.33 bits per heavy atom. The van der Waals surface area contributed by atoms with Crippen LogP contribution in [0.15, 0.2) is 100 Å². The number of carbonyl (C=O) groups is 1. The Hall–Kier alpha value is -4.10. The monoisotopic (exact) mass is 498 g/mol. The van der Waals surface area contributed by atoms with Crippen LogP contribution in [0.2, 0.25) is 0 Å². The van der Waals surface area contributed by atoms with Crippen molar-refractivity contribution in [2.24, 2.45) is 0 Å². The summed E-state index contributed by atoms with van der Waals surface area (Å²) in [5.41, 5.74) is 4.22. The van der Waals surface area contributed by atoms with Gasteiger partial charge in [0.1, 0.15) is 17.7 Å². The summed E-state index contributed by atoms with van der Waals surface area (Å²) in [7, 11) is -3.99. The minimum atomic E-state index is -3.99. The van der Waals surface area contributed by atoms with Gasteiger partial charge in [0.25, 0.3) is 10.0 Å². The third-order valence-electron chi connectivity index (χ3n) is 6.20. The third-order valence-corrected chi connectivity index (χ3v) is 7.97. The van der Waals surface area contributed by atoms with Crippen molar-refractivity contribution in [2.45, 2.75) is 25.2 Å². The first-order valence-corrected chi connectivity index (χ1v) is 13.2. The number of rotatable bonds is 7. The number of benzene rings is 4. The van der Waals surface area contributed by atoms with Crippen molar-refractivity contribution in [2.75, 3.05) is 16.2 Å². The largest absolute Gasteiger partial charge is 0.456 e. The first-order chi connectivity index (χ1) is 17.4. The van der Waals surface area contributed by atoms with Crippen LogP contribution in [-0.2, 0) is 21.2 Å². The summed E-state index contributed by atoms with van der Waals surface area (Å²) < 4.78 is 34.5. The Morgan fingerprint density at radius 2 is 1.56 bits per heavy atom. The molecule has 4 aromatic carbocycles. The standard InChI is InChI=1S/C29H26N2O4S/c1-3-21-8-4-6-10-26(21)31(36(33,34)23-15-12-20(2)13-16-23)19-29(32)30-22-14-17-25-24-9-5-7-11-27(24)35-28(25)18-22/h4-18H,3,19H2,1-2H3,(H,30,32). The lowest BCUT2D eigenvalue weighted by atomic mass is 10.1. The summed E-state index contributed by atoms with van der Waals surface area (Å²) in [6, 6.07) is 27.1. The highest BCUT2D eigenvalue weighted by Crippen LogP contribution is 2.31. The predicted molar refractivity (Wildman–Crippen MR) is 144 cm³/mol. The molecule has 0 saturated heterocycles. The van der Waals surface area contributed by atoms with Crippen molar-refractivity contribution in [3.8, 4) is 0 Å². The van der Waals surface area contributed by atoms with Crippen molar-refractivity contribution in [3.63, 3.8) is 0 Å². The molecule has 0 atom stereocenters. The van der Waals surface area contributed by atoms with Gasteiger partial charge in [-0.2, -0.15) is 0 Å². The molecule has 5 rings (SSSR count). The van der Waals surface area contributed by atoms with Gasteiger partial charge in [-0.3, -0.25) is 9.10 Å². The van der Waals surface area contributed by atoms with Crippen molar-refractivity contribution >= 4 is 49.2 Å². The van der Waals surface area contributed by atoms with Crippen molar-refractivity contribution in [1.82, 2.24) is 0 Å². The summed E-state index contributed by atoms with van der Waals surface area (Å²) in [6.45, 7) is 3.48. The number of hydrogen-bond acceptors (Lipinski definition) is 4. The van der Waals surface area contributed by atoms with E-state index in [2.05, 4.69) is 5.32 Å². The van der Waals surface area contributed by atoms with E-state index in [1.54, 1.807) is 48.5 Å². The second kappa shape index (κ2) is 9.51. The van der Waals surface area contributed by atoms with Crippen LogP contribution < -0.4 is 9.62 Å². The molecule has 36 heavy (non-hydrogen) atoms. The van der Waals surface area contributed by atoms with Gasteiger partial charge >= 0.3 is 0 Å². The summed E-state index contributed by atoms with van der Waals surface area (Å²) in [4.78, 5) is 13.3. The molecule has 0 spiro atoms. The fourth-order valence-electron chi connectivity index (χ4n) is 4.32. The molecule has 0 fully saturated rings. The minimum absolute atomic E-state index is 0.135. The second-order valence-corrected chi connectivity index (χ2v) is 10.5. The van der Waals surface area contributed by atoms with Gasteiger partial charge in [0.15, 0.2) is 0 Å². The molecule has 0 radical (unpaired) electrons. The summed E-state index contributed by atoms with van der Waals surface area (Å²) >= 11 is 0. The van der Waals surface area contributed by atoms with Gasteiger partial charge in [-0.25, -0.2) is 8.42 Å². The Morgan fingerprint density at radius 1 is 0.861 bits per heavy atom. The highest BCUT2D eigenvalue weighted by molar-refractivity contribution is 7.92. The van der Waals surface area contributed by atoms with Gasteiger partial charge < -0.3 is 9.73 Å². The van der Waals surface area contributed by atoms with Crippen LogP contribution in [0.5, 0.6) is 0 Å². The molecule has 0 aliphatic carbocycles. The first kappa shape index (κ1) is 23.6. The van der Waals surface area contributed by atoms with Gasteiger partial charge in [0, 0.05) is 22.5 Å². The van der Waals surface area contributed by atoms with Crippen LogP contribution in [0.4, 0.5) is 11.4 Å². The minimum Gasteiger partial charge on any atom is -0.456 e. The quantitative estimate of drug-likeness (QED) is 0.286. The van der Waals surface area contributed by atoms with Crippen LogP contribution in [0.3, 0.4) is 0 Å². The first-order valence-electron chi connectivity index (χ1n) is 11.8. The molecular weight excluding hydrogens is 472 g/mol. The molecule has 0 bridgehead atoms. The predicted octanol–water partition coefficient (Wildman–Crippen LogP) is 6.29. The molecule has 6 nitrogen and oxygen atoms in total. The normalized spacial score (nSPS) is 11.6. The summed E-state index contributed by atoms with van der Waals surface area (Å²) in [6.07, 6.45) is 0.625. The van der Waals surface area contributed by atoms with E-state index < -0.39 is 15.9 Å². The Labute approximate surface area is 210 Å². The lowest BCUT2D eigenvalue weighted by Crippen LogP contribution is -2.38. The zero-order valence-electron chi connectivity index (χ0n) is 20.1. The van der Waals surface area contributed by atoms with Crippen LogP contribution in [0.1, 0.15) is 18.1 Å². The van der Waals surface area contributed by atoms with E-state index in [0.29, 0.717) is 23.4 Å². The van der Waals surface area contributed by atoms with Gasteiger partial charge in [-0.15, -0.1) is 0 Å². The van der Waals surface area contributed by atoms with Crippen LogP contribution in [0.25, 0.3) is 21.9 Å². The van der Waals surface area contributed by atoms with E-state index >= 15 is 0 Å². The number of amides is 1. The van der Waals surface area contributed by atoms with Crippen molar-refractivity contribution < 1.29 is 17.6 Å². The number of carbonyl (C=O) groups excluding carboxylic acids is 1. The molecule has 1 heterocycles. The number of sulfonamides is 1. The maximum atomic E-state index is 13.7. The SMILES string of the molecule is CCc1ccccc1N(CC(=O)Nc1ccc2c(c1)oc1ccccc12)S(=O)(=O)c1ccc(C)cc1. The second-order valence-electron chi connectivity index (χ2n) is 8.66. The number of nitrogens with zero attached hydrogens (tertiary/aromatic N) is 1. The molecule has 0 unspecified atom stereocenters. The van der Waals surface area contributed by atoms with E-state index in [0.717, 1.165) is 27.5 Å². The molecule has 182 valence electrons. The fraction of sp³-hybridized carbons (Fsp3) is 0.138. The smallest absolute Gasteiger partial charge is 0.264 e. The number of aryl methyl sites for hydroxylation is 2. The molecule has 1 aromatic heterocycles. The van der Waals surface area contributed by atoms with E-state index in [1.165, 1.54) is 4.31 Å². The van der Waals surface area contributed by atoms with Gasteiger partial charge in [-0.05, 0) is 55.3 Å². The van der Waals surface area contributed by atoms with Gasteiger partial charge in [0.05, 0.1) is 10.6 Å². The number of furan rings is 1. The van der Waals surface area contributed by atoms with Crippen molar-refractivity contribution in [3.05, 3.63) is 102 Å². The van der Waals surface area contributed by atoms with Crippen LogP contribution in [0, 0.1) is 6.92 Å². The molecule has 0 saturated carbocycles. The maximum Gasteiger partial charge on any atom is 0.264 e. The third kappa shape index (κ3) is 4.45. The zero-order valence-corrected chi connectivity index (χ0v) is 20.9. The summed E-state index contributed by atoms with van der Waals surface area (Å²) in [5, 5.41) is 4.79. The van der Waals surface area contributed by atoms with E-state index in [4.69, 9.17) is 4.42 Å². The highest BCUT2D eigenvalue weighted by atomic mass is 32.2. The van der Waals surface area contributed by atoms with Crippen LogP contribution in [-0.4, -0.2) is 20.9 Å². The molecule has 0 aliphatic rings. The van der Waals surface area contributed by atoms with Gasteiger partial charge in [-0.1, -0.05) is 61.0 Å². The fourth-order valence-corrected chi connectivity index (χ4v) is 5.78. The van der Waals surface area contributed by atoms with E-state index in [1.807, 2.05) is 56.3 Å². The number of nitrogens with one attached hydrogen (secondary N) is 1. The van der Waals surface area contributed by atoms with Gasteiger partial charge in [0.2, 0.25) is 5.91 Å². The maximum absolute atomic E-state index is 13.7. The topological polar surface area (TPSA) is 79.6 Å². The van der Waals surface area contributed by atoms with E-state index in [-0.39, 0.29) is 11.4 Å². The Kier molecular flexibility index (Phi) is 6.24. The molecule has 1 amide bonds. The van der Waals surface area contributed by atoms with Crippen molar-refractivity contribution in [1.29, 1.82) is 0 Å². The molecule has 1 N–H and O–H groups in total. The number of hydrogen-bond donors (Lipinski definition) is 1. The average Bonchev–Trinajstić information content (AvgIpc) is 3.25. The molecular formula is C29H26N2O4S. The molecule has 7 heteroatoms. The molecule has 0 aliphatic heterocycles. The zero-order chi connectivity index (χ0) is 25.3. The Balaban J connectivity index is 1.47. The molecule has 5 aromatic rings. The highest BCUT2D eigenvalue weighted by Gasteiger charge is 2.28. The van der Waals surface area contributed by atoms with E-state index in [9.17, 15) is 13.2 Å².